The highest BCUT2D eigenvalue weighted by atomic mass is 16.6. The number of likely N-dealkylation sites (tertiary alicyclic amines) is 1. The SMILES string of the molecule is O=C1CCC(N2Cc3cc(N4CC5(CCN(CC6CCN(c7ccc(C8=C(c9cnccn9)C(O)OC=C8)cc7)CC6)CC5)C4)ccc3C2=O)C(=O)N1. The van der Waals surface area contributed by atoms with Crippen LogP contribution < -0.4 is 15.1 Å². The molecule has 3 amide bonds. The molecule has 7 heterocycles. The third kappa shape index (κ3) is 6.48. The molecule has 3 aromatic rings. The molecule has 6 aliphatic rings. The Morgan fingerprint density at radius 2 is 1.68 bits per heavy atom. The number of imide groups is 1. The van der Waals surface area contributed by atoms with E-state index in [0.29, 0.717) is 41.1 Å². The number of rotatable bonds is 7. The topological polar surface area (TPSA) is 131 Å². The number of benzene rings is 2. The van der Waals surface area contributed by atoms with Crippen molar-refractivity contribution in [3.05, 3.63) is 95.8 Å². The van der Waals surface area contributed by atoms with Crippen LogP contribution in [-0.4, -0.2) is 101 Å². The highest BCUT2D eigenvalue weighted by Crippen LogP contribution is 2.44. The number of fused-ring (bicyclic) bond motifs is 1. The second kappa shape index (κ2) is 13.7. The fourth-order valence-electron chi connectivity index (χ4n) is 9.25. The Morgan fingerprint density at radius 3 is 2.42 bits per heavy atom. The number of allylic oxidation sites excluding steroid dienone is 2. The Labute approximate surface area is 309 Å². The van der Waals surface area contributed by atoms with Gasteiger partial charge >= 0.3 is 0 Å². The summed E-state index contributed by atoms with van der Waals surface area (Å²) < 4.78 is 5.37. The van der Waals surface area contributed by atoms with E-state index in [1.54, 1.807) is 23.5 Å². The molecule has 0 radical (unpaired) electrons. The Balaban J connectivity index is 0.742. The first-order valence-corrected chi connectivity index (χ1v) is 18.9. The molecule has 2 unspecified atom stereocenters. The molecule has 0 saturated carbocycles. The Bertz CT molecular complexity index is 1960. The summed E-state index contributed by atoms with van der Waals surface area (Å²) in [6, 6.07) is 14.1. The molecule has 274 valence electrons. The molecule has 4 saturated heterocycles. The Kier molecular flexibility index (Phi) is 8.74. The number of aromatic nitrogens is 2. The molecule has 12 nitrogen and oxygen atoms in total. The maximum atomic E-state index is 13.1. The van der Waals surface area contributed by atoms with Crippen LogP contribution in [0.1, 0.15) is 65.7 Å². The summed E-state index contributed by atoms with van der Waals surface area (Å²) >= 11 is 0. The molecule has 0 aliphatic carbocycles. The molecule has 2 N–H and O–H groups in total. The van der Waals surface area contributed by atoms with Gasteiger partial charge in [-0.15, -0.1) is 0 Å². The molecule has 0 bridgehead atoms. The first-order valence-electron chi connectivity index (χ1n) is 18.9. The molecule has 4 fully saturated rings. The average molecular weight is 716 g/mol. The van der Waals surface area contributed by atoms with Crippen molar-refractivity contribution < 1.29 is 24.2 Å². The van der Waals surface area contributed by atoms with Crippen LogP contribution in [0.15, 0.2) is 73.4 Å². The van der Waals surface area contributed by atoms with E-state index < -0.39 is 12.3 Å². The van der Waals surface area contributed by atoms with Crippen molar-refractivity contribution in [2.24, 2.45) is 11.3 Å². The van der Waals surface area contributed by atoms with Crippen molar-refractivity contribution in [2.45, 2.75) is 57.4 Å². The summed E-state index contributed by atoms with van der Waals surface area (Å²) in [6.45, 7) is 8.08. The van der Waals surface area contributed by atoms with Crippen molar-refractivity contribution >= 4 is 40.2 Å². The lowest BCUT2D eigenvalue weighted by Gasteiger charge is -2.55. The lowest BCUT2D eigenvalue weighted by molar-refractivity contribution is -0.136. The van der Waals surface area contributed by atoms with Crippen LogP contribution >= 0.6 is 0 Å². The van der Waals surface area contributed by atoms with Crippen molar-refractivity contribution in [2.75, 3.05) is 55.6 Å². The summed E-state index contributed by atoms with van der Waals surface area (Å²) in [5, 5.41) is 13.0. The quantitative estimate of drug-likeness (QED) is 0.348. The molecule has 1 aromatic heterocycles. The van der Waals surface area contributed by atoms with Gasteiger partial charge in [-0.2, -0.15) is 0 Å². The van der Waals surface area contributed by atoms with Crippen molar-refractivity contribution in [1.82, 2.24) is 25.1 Å². The van der Waals surface area contributed by atoms with Gasteiger partial charge in [0.2, 0.25) is 18.1 Å². The van der Waals surface area contributed by atoms with Crippen molar-refractivity contribution in [3.8, 4) is 0 Å². The Hall–Kier alpha value is -5.07. The van der Waals surface area contributed by atoms with E-state index in [1.807, 2.05) is 12.1 Å². The molecule has 1 spiro atoms. The van der Waals surface area contributed by atoms with E-state index in [2.05, 4.69) is 66.4 Å². The largest absolute Gasteiger partial charge is 0.468 e. The molecule has 12 heteroatoms. The lowest BCUT2D eigenvalue weighted by Crippen LogP contribution is -2.60. The highest BCUT2D eigenvalue weighted by Gasteiger charge is 2.46. The zero-order valence-corrected chi connectivity index (χ0v) is 29.8. The molecule has 53 heavy (non-hydrogen) atoms. The third-order valence-corrected chi connectivity index (χ3v) is 12.3. The molecule has 2 aromatic carbocycles. The Morgan fingerprint density at radius 1 is 0.906 bits per heavy atom. The monoisotopic (exact) mass is 715 g/mol. The average Bonchev–Trinajstić information content (AvgIpc) is 3.49. The minimum absolute atomic E-state index is 0.119. The van der Waals surface area contributed by atoms with Crippen LogP contribution in [0.3, 0.4) is 0 Å². The molecule has 2 atom stereocenters. The van der Waals surface area contributed by atoms with E-state index in [0.717, 1.165) is 61.7 Å². The van der Waals surface area contributed by atoms with E-state index in [1.165, 1.54) is 44.2 Å². The number of aliphatic hydroxyl groups is 1. The smallest absolute Gasteiger partial charge is 0.255 e. The lowest BCUT2D eigenvalue weighted by atomic mass is 9.71. The summed E-state index contributed by atoms with van der Waals surface area (Å²) in [5.41, 5.74) is 7.48. The van der Waals surface area contributed by atoms with Crippen LogP contribution in [0.2, 0.25) is 0 Å². The van der Waals surface area contributed by atoms with E-state index in [-0.39, 0.29) is 24.1 Å². The van der Waals surface area contributed by atoms with Crippen molar-refractivity contribution in [3.63, 3.8) is 0 Å². The number of hydrogen-bond donors (Lipinski definition) is 2. The van der Waals surface area contributed by atoms with Gasteiger partial charge in [0.15, 0.2) is 0 Å². The van der Waals surface area contributed by atoms with E-state index >= 15 is 0 Å². The fraction of sp³-hybridized carbons (Fsp3) is 0.439. The number of ether oxygens (including phenoxy) is 1. The second-order valence-corrected chi connectivity index (χ2v) is 15.6. The molecule has 9 rings (SSSR count). The number of carbonyl (C=O) groups is 3. The number of piperidine rings is 3. The van der Waals surface area contributed by atoms with Crippen LogP contribution in [0, 0.1) is 11.3 Å². The number of carbonyl (C=O) groups excluding carboxylic acids is 3. The van der Waals surface area contributed by atoms with Gasteiger partial charge in [0.25, 0.3) is 5.91 Å². The van der Waals surface area contributed by atoms with Crippen LogP contribution in [0.4, 0.5) is 11.4 Å². The van der Waals surface area contributed by atoms with Gasteiger partial charge in [0.1, 0.15) is 6.04 Å². The predicted octanol–water partition coefficient (Wildman–Crippen LogP) is 3.83. The number of amides is 3. The summed E-state index contributed by atoms with van der Waals surface area (Å²) in [4.78, 5) is 55.0. The summed E-state index contributed by atoms with van der Waals surface area (Å²) in [7, 11) is 0. The number of nitrogens with one attached hydrogen (secondary N) is 1. The molecular formula is C41H45N7O5. The zero-order chi connectivity index (χ0) is 36.1. The third-order valence-electron chi connectivity index (χ3n) is 12.3. The predicted molar refractivity (Wildman–Crippen MR) is 199 cm³/mol. The maximum Gasteiger partial charge on any atom is 0.255 e. The minimum atomic E-state index is -1.09. The summed E-state index contributed by atoms with van der Waals surface area (Å²) in [5.74, 6) is -0.0478. The standard InChI is InChI=1S/C41H45N7O5/c49-36-8-7-35(38(50)44-36)48-24-29-21-31(5-6-33(29)39(48)51)47-25-41(26-47)12-18-45(19-13-41)23-27-9-16-46(17-10-27)30-3-1-28(2-4-30)32-11-20-53-40(52)37(32)34-22-42-14-15-43-34/h1-6,11,14-15,20-22,27,35,40,52H,7-10,12-13,16-19,23-26H2,(H,44,49,50). The van der Waals surface area contributed by atoms with Gasteiger partial charge in [-0.3, -0.25) is 29.7 Å². The van der Waals surface area contributed by atoms with E-state index in [4.69, 9.17) is 4.74 Å². The maximum absolute atomic E-state index is 13.1. The van der Waals surface area contributed by atoms with Gasteiger partial charge in [-0.05, 0) is 104 Å². The summed E-state index contributed by atoms with van der Waals surface area (Å²) in [6.07, 6.45) is 12.6. The number of hydrogen-bond acceptors (Lipinski definition) is 10. The van der Waals surface area contributed by atoms with Gasteiger partial charge < -0.3 is 29.4 Å². The van der Waals surface area contributed by atoms with Crippen LogP contribution in [0.25, 0.3) is 11.1 Å². The number of nitrogens with zero attached hydrogens (tertiary/aromatic N) is 6. The minimum Gasteiger partial charge on any atom is -0.468 e. The second-order valence-electron chi connectivity index (χ2n) is 15.6. The van der Waals surface area contributed by atoms with Crippen LogP contribution in [0.5, 0.6) is 0 Å². The number of aliphatic hydroxyl groups excluding tert-OH is 1. The zero-order valence-electron chi connectivity index (χ0n) is 29.8. The highest BCUT2D eigenvalue weighted by molar-refractivity contribution is 6.05. The first kappa shape index (κ1) is 33.7. The fourth-order valence-corrected chi connectivity index (χ4v) is 9.25. The van der Waals surface area contributed by atoms with Gasteiger partial charge in [-0.1, -0.05) is 12.1 Å². The molecule has 6 aliphatic heterocycles. The first-order chi connectivity index (χ1) is 25.8. The van der Waals surface area contributed by atoms with Crippen LogP contribution in [-0.2, 0) is 20.9 Å². The van der Waals surface area contributed by atoms with Gasteiger partial charge in [-0.25, -0.2) is 0 Å². The van der Waals surface area contributed by atoms with E-state index in [9.17, 15) is 19.5 Å². The van der Waals surface area contributed by atoms with Gasteiger partial charge in [0, 0.05) is 80.4 Å². The number of anilines is 2. The van der Waals surface area contributed by atoms with Gasteiger partial charge in [0.05, 0.1) is 23.7 Å². The molecular weight excluding hydrogens is 670 g/mol. The van der Waals surface area contributed by atoms with Crippen molar-refractivity contribution in [1.29, 1.82) is 0 Å². The normalized spacial score (nSPS) is 24.7.